The highest BCUT2D eigenvalue weighted by molar-refractivity contribution is 5.35. The number of hydrogen-bond donors (Lipinski definition) is 1. The lowest BCUT2D eigenvalue weighted by molar-refractivity contribution is 0.496. The molecule has 0 heterocycles. The average molecular weight is 275 g/mol. The first-order valence-corrected chi connectivity index (χ1v) is 6.75. The molecule has 0 aliphatic rings. The Morgan fingerprint density at radius 1 is 0.950 bits per heavy atom. The van der Waals surface area contributed by atoms with Gasteiger partial charge in [-0.15, -0.1) is 0 Å². The Hall–Kier alpha value is -1.74. The molecule has 1 N–H and O–H groups in total. The van der Waals surface area contributed by atoms with Crippen LogP contribution in [0.1, 0.15) is 36.6 Å². The third-order valence-corrected chi connectivity index (χ3v) is 3.22. The molecule has 2 aromatic carbocycles. The van der Waals surface area contributed by atoms with E-state index in [-0.39, 0.29) is 12.1 Å². The summed E-state index contributed by atoms with van der Waals surface area (Å²) in [5.74, 6) is -1.03. The number of nitrogens with one attached hydrogen (secondary N) is 1. The molecule has 106 valence electrons. The lowest BCUT2D eigenvalue weighted by Gasteiger charge is -2.23. The Morgan fingerprint density at radius 2 is 1.60 bits per heavy atom. The molecule has 0 amide bonds. The minimum atomic E-state index is -0.518. The molecule has 2 aromatic rings. The number of benzene rings is 2. The zero-order valence-electron chi connectivity index (χ0n) is 12.0. The van der Waals surface area contributed by atoms with E-state index in [0.29, 0.717) is 11.1 Å². The van der Waals surface area contributed by atoms with E-state index in [9.17, 15) is 8.78 Å². The van der Waals surface area contributed by atoms with Crippen LogP contribution in [0, 0.1) is 18.6 Å². The molecule has 20 heavy (non-hydrogen) atoms. The minimum absolute atomic E-state index is 0.185. The van der Waals surface area contributed by atoms with Gasteiger partial charge >= 0.3 is 0 Å². The van der Waals surface area contributed by atoms with E-state index >= 15 is 0 Å². The molecule has 0 fully saturated rings. The summed E-state index contributed by atoms with van der Waals surface area (Å²) in [5, 5.41) is 3.34. The van der Waals surface area contributed by atoms with Gasteiger partial charge in [-0.2, -0.15) is 0 Å². The predicted octanol–water partition coefficient (Wildman–Crippen LogP) is 4.36. The van der Waals surface area contributed by atoms with Crippen LogP contribution in [0.25, 0.3) is 0 Å². The number of aryl methyl sites for hydroxylation is 1. The Balaban J connectivity index is 2.49. The maximum atomic E-state index is 14.1. The number of hydrogen-bond acceptors (Lipinski definition) is 1. The molecule has 0 radical (unpaired) electrons. The summed E-state index contributed by atoms with van der Waals surface area (Å²) in [7, 11) is 0. The van der Waals surface area contributed by atoms with Crippen molar-refractivity contribution in [3.05, 3.63) is 70.8 Å². The van der Waals surface area contributed by atoms with Gasteiger partial charge in [0.1, 0.15) is 11.6 Å². The highest BCUT2D eigenvalue weighted by atomic mass is 19.1. The summed E-state index contributed by atoms with van der Waals surface area (Å²) in [5.41, 5.74) is 1.89. The quantitative estimate of drug-likeness (QED) is 0.874. The Kier molecular flexibility index (Phi) is 4.50. The van der Waals surface area contributed by atoms with Gasteiger partial charge in [0.25, 0.3) is 0 Å². The third kappa shape index (κ3) is 3.23. The van der Waals surface area contributed by atoms with Crippen LogP contribution in [-0.2, 0) is 0 Å². The van der Waals surface area contributed by atoms with Gasteiger partial charge in [0.05, 0.1) is 6.04 Å². The maximum absolute atomic E-state index is 14.1. The Labute approximate surface area is 118 Å². The predicted molar refractivity (Wildman–Crippen MR) is 77.7 cm³/mol. The first kappa shape index (κ1) is 14.7. The van der Waals surface area contributed by atoms with E-state index in [1.165, 1.54) is 0 Å². The summed E-state index contributed by atoms with van der Waals surface area (Å²) in [6.07, 6.45) is 0. The second-order valence-electron chi connectivity index (χ2n) is 5.29. The molecule has 0 aromatic heterocycles. The van der Waals surface area contributed by atoms with E-state index in [4.69, 9.17) is 0 Å². The van der Waals surface area contributed by atoms with Gasteiger partial charge in [-0.25, -0.2) is 8.78 Å². The normalized spacial score (nSPS) is 12.7. The van der Waals surface area contributed by atoms with Crippen molar-refractivity contribution in [3.8, 4) is 0 Å². The van der Waals surface area contributed by atoms with Crippen molar-refractivity contribution in [2.45, 2.75) is 32.9 Å². The van der Waals surface area contributed by atoms with Crippen LogP contribution in [0.4, 0.5) is 8.78 Å². The van der Waals surface area contributed by atoms with E-state index in [1.807, 2.05) is 44.2 Å². The monoisotopic (exact) mass is 275 g/mol. The molecule has 2 rings (SSSR count). The van der Waals surface area contributed by atoms with Crippen LogP contribution in [0.2, 0.25) is 0 Å². The molecule has 0 bridgehead atoms. The van der Waals surface area contributed by atoms with Gasteiger partial charge in [-0.1, -0.05) is 30.3 Å². The molecule has 1 unspecified atom stereocenters. The van der Waals surface area contributed by atoms with E-state index in [1.54, 1.807) is 13.0 Å². The average Bonchev–Trinajstić information content (AvgIpc) is 2.41. The van der Waals surface area contributed by atoms with E-state index < -0.39 is 11.6 Å². The largest absolute Gasteiger partial charge is 0.304 e. The van der Waals surface area contributed by atoms with Crippen molar-refractivity contribution in [1.82, 2.24) is 5.32 Å². The van der Waals surface area contributed by atoms with Gasteiger partial charge < -0.3 is 5.32 Å². The molecule has 0 aliphatic carbocycles. The van der Waals surface area contributed by atoms with E-state index in [2.05, 4.69) is 5.32 Å². The molecular weight excluding hydrogens is 256 g/mol. The standard InChI is InChI=1S/C17H19F2N/c1-11(2)20-17(13-7-5-4-6-8-13)14-9-12(3)15(18)10-16(14)19/h4-11,17,20H,1-3H3. The summed E-state index contributed by atoms with van der Waals surface area (Å²) in [4.78, 5) is 0. The highest BCUT2D eigenvalue weighted by Gasteiger charge is 2.20. The fourth-order valence-electron chi connectivity index (χ4n) is 2.25. The van der Waals surface area contributed by atoms with E-state index in [0.717, 1.165) is 11.6 Å². The summed E-state index contributed by atoms with van der Waals surface area (Å²) < 4.78 is 27.6. The second kappa shape index (κ2) is 6.14. The van der Waals surface area contributed by atoms with Gasteiger partial charge in [-0.05, 0) is 38.0 Å². The lowest BCUT2D eigenvalue weighted by atomic mass is 9.96. The van der Waals surface area contributed by atoms with Gasteiger partial charge in [0.15, 0.2) is 0 Å². The molecule has 3 heteroatoms. The lowest BCUT2D eigenvalue weighted by Crippen LogP contribution is -2.29. The second-order valence-corrected chi connectivity index (χ2v) is 5.29. The topological polar surface area (TPSA) is 12.0 Å². The van der Waals surface area contributed by atoms with Crippen LogP contribution in [0.5, 0.6) is 0 Å². The van der Waals surface area contributed by atoms with Gasteiger partial charge in [0, 0.05) is 17.7 Å². The van der Waals surface area contributed by atoms with Crippen LogP contribution in [0.15, 0.2) is 42.5 Å². The summed E-state index contributed by atoms with van der Waals surface area (Å²) >= 11 is 0. The molecular formula is C17H19F2N. The molecule has 1 atom stereocenters. The summed E-state index contributed by atoms with van der Waals surface area (Å²) in [6, 6.07) is 12.1. The SMILES string of the molecule is Cc1cc(C(NC(C)C)c2ccccc2)c(F)cc1F. The molecule has 1 nitrogen and oxygen atoms in total. The number of rotatable bonds is 4. The van der Waals surface area contributed by atoms with Crippen LogP contribution >= 0.6 is 0 Å². The zero-order chi connectivity index (χ0) is 14.7. The van der Waals surface area contributed by atoms with Crippen LogP contribution in [0.3, 0.4) is 0 Å². The Bertz CT molecular complexity index is 579. The van der Waals surface area contributed by atoms with Crippen molar-refractivity contribution in [2.75, 3.05) is 0 Å². The van der Waals surface area contributed by atoms with Crippen LogP contribution < -0.4 is 5.32 Å². The molecule has 0 aliphatic heterocycles. The molecule has 0 spiro atoms. The van der Waals surface area contributed by atoms with Crippen molar-refractivity contribution in [2.24, 2.45) is 0 Å². The van der Waals surface area contributed by atoms with Crippen molar-refractivity contribution >= 4 is 0 Å². The fraction of sp³-hybridized carbons (Fsp3) is 0.294. The number of halogens is 2. The molecule has 0 saturated carbocycles. The van der Waals surface area contributed by atoms with Crippen LogP contribution in [-0.4, -0.2) is 6.04 Å². The van der Waals surface area contributed by atoms with Gasteiger partial charge in [-0.3, -0.25) is 0 Å². The third-order valence-electron chi connectivity index (χ3n) is 3.22. The van der Waals surface area contributed by atoms with Crippen molar-refractivity contribution in [1.29, 1.82) is 0 Å². The summed E-state index contributed by atoms with van der Waals surface area (Å²) in [6.45, 7) is 5.66. The van der Waals surface area contributed by atoms with Crippen molar-refractivity contribution in [3.63, 3.8) is 0 Å². The smallest absolute Gasteiger partial charge is 0.131 e. The van der Waals surface area contributed by atoms with Gasteiger partial charge in [0.2, 0.25) is 0 Å². The first-order chi connectivity index (χ1) is 9.49. The maximum Gasteiger partial charge on any atom is 0.131 e. The molecule has 0 saturated heterocycles. The Morgan fingerprint density at radius 3 is 2.20 bits per heavy atom. The fourth-order valence-corrected chi connectivity index (χ4v) is 2.25. The zero-order valence-corrected chi connectivity index (χ0v) is 12.0. The first-order valence-electron chi connectivity index (χ1n) is 6.75. The minimum Gasteiger partial charge on any atom is -0.304 e. The van der Waals surface area contributed by atoms with Crippen molar-refractivity contribution < 1.29 is 8.78 Å². The highest BCUT2D eigenvalue weighted by Crippen LogP contribution is 2.27.